The number of hydrogen-bond acceptors (Lipinski definition) is 4. The third kappa shape index (κ3) is 4.08. The van der Waals surface area contributed by atoms with Gasteiger partial charge >= 0.3 is 0 Å². The molecule has 1 heterocycles. The number of amides is 1. The molecule has 21 heavy (non-hydrogen) atoms. The van der Waals surface area contributed by atoms with E-state index in [0.29, 0.717) is 6.54 Å². The first-order chi connectivity index (χ1) is 9.71. The van der Waals surface area contributed by atoms with Gasteiger partial charge in [0.1, 0.15) is 4.90 Å². The highest BCUT2D eigenvalue weighted by Gasteiger charge is 2.28. The van der Waals surface area contributed by atoms with Crippen LogP contribution in [0.1, 0.15) is 49.6 Å². The third-order valence-corrected chi connectivity index (χ3v) is 5.69. The second kappa shape index (κ2) is 6.10. The van der Waals surface area contributed by atoms with Gasteiger partial charge in [-0.05, 0) is 34.2 Å². The molecule has 0 unspecified atom stereocenters. The molecule has 3 N–H and O–H groups in total. The number of nitrogens with one attached hydrogen (secondary N) is 1. The predicted molar refractivity (Wildman–Crippen MR) is 81.3 cm³/mol. The molecule has 1 aliphatic carbocycles. The molecular formula is C13H19BrN2O4S. The molecule has 0 aliphatic heterocycles. The normalized spacial score (nSPS) is 18.4. The Balaban J connectivity index is 2.04. The molecule has 8 heteroatoms. The van der Waals surface area contributed by atoms with E-state index in [1.165, 1.54) is 19.3 Å². The highest BCUT2D eigenvalue weighted by Crippen LogP contribution is 2.35. The number of primary sulfonamides is 1. The summed E-state index contributed by atoms with van der Waals surface area (Å²) < 4.78 is 27.7. The van der Waals surface area contributed by atoms with E-state index in [2.05, 4.69) is 28.2 Å². The Kier molecular flexibility index (Phi) is 4.79. The molecular weight excluding hydrogens is 360 g/mol. The summed E-state index contributed by atoms with van der Waals surface area (Å²) in [7, 11) is -3.91. The first-order valence-corrected chi connectivity index (χ1v) is 9.16. The van der Waals surface area contributed by atoms with Gasteiger partial charge in [0.05, 0.1) is 0 Å². The minimum absolute atomic E-state index is 0.0565. The monoisotopic (exact) mass is 378 g/mol. The topological polar surface area (TPSA) is 102 Å². The number of halogens is 1. The summed E-state index contributed by atoms with van der Waals surface area (Å²) in [5, 5.41) is 7.85. The lowest BCUT2D eigenvalue weighted by molar-refractivity contribution is 0.0890. The Bertz CT molecular complexity index is 633. The third-order valence-electron chi connectivity index (χ3n) is 3.92. The predicted octanol–water partition coefficient (Wildman–Crippen LogP) is 2.39. The van der Waals surface area contributed by atoms with Gasteiger partial charge in [-0.2, -0.15) is 0 Å². The average Bonchev–Trinajstić information content (AvgIpc) is 2.79. The van der Waals surface area contributed by atoms with Crippen LogP contribution in [0.5, 0.6) is 0 Å². The molecule has 2 rings (SSSR count). The first kappa shape index (κ1) is 16.5. The van der Waals surface area contributed by atoms with Crippen LogP contribution in [0.3, 0.4) is 0 Å². The number of carbonyl (C=O) groups excluding carboxylic acids is 1. The van der Waals surface area contributed by atoms with Crippen molar-refractivity contribution >= 4 is 31.9 Å². The lowest BCUT2D eigenvalue weighted by Gasteiger charge is -2.33. The van der Waals surface area contributed by atoms with Crippen molar-refractivity contribution in [2.45, 2.75) is 43.9 Å². The van der Waals surface area contributed by atoms with Crippen molar-refractivity contribution in [3.63, 3.8) is 0 Å². The van der Waals surface area contributed by atoms with Crippen LogP contribution in [0.15, 0.2) is 20.0 Å². The van der Waals surface area contributed by atoms with Gasteiger partial charge in [0.2, 0.25) is 10.0 Å². The van der Waals surface area contributed by atoms with Gasteiger partial charge in [-0.25, -0.2) is 13.6 Å². The number of sulfonamides is 1. The number of hydrogen-bond donors (Lipinski definition) is 2. The molecule has 1 fully saturated rings. The largest absolute Gasteiger partial charge is 0.443 e. The summed E-state index contributed by atoms with van der Waals surface area (Å²) in [4.78, 5) is 11.8. The second-order valence-corrected chi connectivity index (χ2v) is 8.10. The molecule has 118 valence electrons. The summed E-state index contributed by atoms with van der Waals surface area (Å²) >= 11 is 2.95. The van der Waals surface area contributed by atoms with Gasteiger partial charge in [0.15, 0.2) is 10.4 Å². The Morgan fingerprint density at radius 1 is 1.43 bits per heavy atom. The van der Waals surface area contributed by atoms with Crippen LogP contribution < -0.4 is 10.5 Å². The molecule has 1 saturated carbocycles. The quantitative estimate of drug-likeness (QED) is 0.839. The van der Waals surface area contributed by atoms with Crippen LogP contribution in [0.4, 0.5) is 0 Å². The van der Waals surface area contributed by atoms with Gasteiger partial charge < -0.3 is 9.73 Å². The molecule has 0 aromatic carbocycles. The van der Waals surface area contributed by atoms with Crippen LogP contribution in [0, 0.1) is 5.41 Å². The zero-order valence-corrected chi connectivity index (χ0v) is 14.2. The summed E-state index contributed by atoms with van der Waals surface area (Å²) in [6, 6.07) is 1.14. The van der Waals surface area contributed by atoms with Gasteiger partial charge in [0.25, 0.3) is 5.91 Å². The van der Waals surface area contributed by atoms with Crippen molar-refractivity contribution in [3.8, 4) is 0 Å². The minimum Gasteiger partial charge on any atom is -0.443 e. The average molecular weight is 379 g/mol. The molecule has 0 saturated heterocycles. The van der Waals surface area contributed by atoms with Crippen molar-refractivity contribution in [1.29, 1.82) is 0 Å². The van der Waals surface area contributed by atoms with Crippen LogP contribution in [-0.2, 0) is 10.0 Å². The highest BCUT2D eigenvalue weighted by atomic mass is 79.9. The van der Waals surface area contributed by atoms with Crippen molar-refractivity contribution in [2.75, 3.05) is 6.54 Å². The maximum atomic E-state index is 12.1. The smallest absolute Gasteiger partial charge is 0.287 e. The van der Waals surface area contributed by atoms with Gasteiger partial charge in [-0.1, -0.05) is 26.2 Å². The van der Waals surface area contributed by atoms with Crippen molar-refractivity contribution in [1.82, 2.24) is 5.32 Å². The van der Waals surface area contributed by atoms with E-state index in [1.807, 2.05) is 0 Å². The summed E-state index contributed by atoms with van der Waals surface area (Å²) in [5.41, 5.74) is 0.0977. The minimum atomic E-state index is -3.91. The van der Waals surface area contributed by atoms with Crippen LogP contribution in [-0.4, -0.2) is 20.9 Å². The molecule has 1 aliphatic rings. The lowest BCUT2D eigenvalue weighted by atomic mass is 9.76. The van der Waals surface area contributed by atoms with E-state index >= 15 is 0 Å². The van der Waals surface area contributed by atoms with E-state index in [4.69, 9.17) is 9.56 Å². The van der Waals surface area contributed by atoms with E-state index in [-0.39, 0.29) is 20.7 Å². The van der Waals surface area contributed by atoms with E-state index in [0.717, 1.165) is 18.9 Å². The van der Waals surface area contributed by atoms with Crippen molar-refractivity contribution in [2.24, 2.45) is 10.6 Å². The van der Waals surface area contributed by atoms with E-state index < -0.39 is 15.9 Å². The Hall–Kier alpha value is -0.860. The van der Waals surface area contributed by atoms with Gasteiger partial charge in [-0.3, -0.25) is 4.79 Å². The SMILES string of the molecule is CC1(CNC(=O)c2cc(S(N)(=O)=O)c(Br)o2)CCCCC1. The molecule has 0 atom stereocenters. The molecule has 6 nitrogen and oxygen atoms in total. The van der Waals surface area contributed by atoms with Gasteiger partial charge in [0, 0.05) is 12.6 Å². The highest BCUT2D eigenvalue weighted by molar-refractivity contribution is 9.10. The fraction of sp³-hybridized carbons (Fsp3) is 0.615. The molecule has 1 aromatic heterocycles. The van der Waals surface area contributed by atoms with Crippen LogP contribution in [0.2, 0.25) is 0 Å². The molecule has 0 spiro atoms. The number of nitrogens with two attached hydrogens (primary N) is 1. The summed E-state index contributed by atoms with van der Waals surface area (Å²) in [6.07, 6.45) is 5.75. The maximum Gasteiger partial charge on any atom is 0.287 e. The van der Waals surface area contributed by atoms with Gasteiger partial charge in [-0.15, -0.1) is 0 Å². The first-order valence-electron chi connectivity index (χ1n) is 6.82. The number of rotatable bonds is 4. The molecule has 0 bridgehead atoms. The summed E-state index contributed by atoms with van der Waals surface area (Å²) in [6.45, 7) is 2.70. The second-order valence-electron chi connectivity index (χ2n) is 5.85. The van der Waals surface area contributed by atoms with Crippen LogP contribution >= 0.6 is 15.9 Å². The zero-order valence-electron chi connectivity index (χ0n) is 11.8. The van der Waals surface area contributed by atoms with Crippen molar-refractivity contribution < 1.29 is 17.6 Å². The zero-order chi connectivity index (χ0) is 15.7. The Morgan fingerprint density at radius 2 is 2.05 bits per heavy atom. The molecule has 1 aromatic rings. The fourth-order valence-electron chi connectivity index (χ4n) is 2.62. The fourth-order valence-corrected chi connectivity index (χ4v) is 4.12. The maximum absolute atomic E-state index is 12.1. The molecule has 1 amide bonds. The van der Waals surface area contributed by atoms with Crippen LogP contribution in [0.25, 0.3) is 0 Å². The Labute approximate surface area is 132 Å². The van der Waals surface area contributed by atoms with E-state index in [1.54, 1.807) is 0 Å². The lowest BCUT2D eigenvalue weighted by Crippen LogP contribution is -2.36. The standard InChI is InChI=1S/C13H19BrN2O4S/c1-13(5-3-2-4-6-13)8-16-12(17)9-7-10(11(14)20-9)21(15,18)19/h7H,2-6,8H2,1H3,(H,16,17)(H2,15,18,19). The summed E-state index contributed by atoms with van der Waals surface area (Å²) in [5.74, 6) is -0.497. The molecule has 0 radical (unpaired) electrons. The van der Waals surface area contributed by atoms with Crippen molar-refractivity contribution in [3.05, 3.63) is 16.5 Å². The Morgan fingerprint density at radius 3 is 2.57 bits per heavy atom. The number of furan rings is 1. The number of carbonyl (C=O) groups is 1. The van der Waals surface area contributed by atoms with E-state index in [9.17, 15) is 13.2 Å².